The smallest absolute Gasteiger partial charge is 0.377 e. The molecule has 29 heavy (non-hydrogen) atoms. The summed E-state index contributed by atoms with van der Waals surface area (Å²) in [5, 5.41) is 3.00. The number of nitrogens with one attached hydrogen (secondary N) is 1. The summed E-state index contributed by atoms with van der Waals surface area (Å²) in [7, 11) is -4.42. The minimum absolute atomic E-state index is 0.0241. The topological polar surface area (TPSA) is 111 Å². The molecule has 0 fully saturated rings. The number of amides is 1. The summed E-state index contributed by atoms with van der Waals surface area (Å²) in [6.07, 6.45) is 12.4. The van der Waals surface area contributed by atoms with Crippen LogP contribution in [0.1, 0.15) is 84.5 Å². The molecule has 0 bridgehead atoms. The standard InChI is InChI=1S/C20H41NO7S/c1-3-5-6-7-8-9-10-11-12-13-20(22)21-19(4-2)18-27-15-14-26-16-17-28-29(23,24)25/h19H,3-18H2,1-2H3,(H,21,22)(H,23,24,25). The first-order valence-electron chi connectivity index (χ1n) is 11.0. The molecule has 0 aromatic carbocycles. The van der Waals surface area contributed by atoms with Crippen LogP contribution in [-0.4, -0.2) is 58.0 Å². The molecule has 0 saturated carbocycles. The van der Waals surface area contributed by atoms with Crippen molar-refractivity contribution in [3.05, 3.63) is 0 Å². The molecule has 0 heterocycles. The quantitative estimate of drug-likeness (QED) is 0.207. The molecule has 0 saturated heterocycles. The summed E-state index contributed by atoms with van der Waals surface area (Å²) in [5.74, 6) is 0.0713. The minimum Gasteiger partial charge on any atom is -0.377 e. The number of carbonyl (C=O) groups excluding carboxylic acids is 1. The van der Waals surface area contributed by atoms with Crippen molar-refractivity contribution in [2.75, 3.05) is 33.0 Å². The molecular weight excluding hydrogens is 398 g/mol. The van der Waals surface area contributed by atoms with Gasteiger partial charge in [-0.15, -0.1) is 0 Å². The summed E-state index contributed by atoms with van der Waals surface area (Å²) in [4.78, 5) is 12.0. The predicted molar refractivity (Wildman–Crippen MR) is 113 cm³/mol. The zero-order valence-electron chi connectivity index (χ0n) is 18.2. The van der Waals surface area contributed by atoms with Crippen molar-refractivity contribution in [3.63, 3.8) is 0 Å². The first-order chi connectivity index (χ1) is 13.9. The van der Waals surface area contributed by atoms with Crippen LogP contribution >= 0.6 is 0 Å². The fraction of sp³-hybridized carbons (Fsp3) is 0.950. The largest absolute Gasteiger partial charge is 0.397 e. The number of carbonyl (C=O) groups is 1. The van der Waals surface area contributed by atoms with Crippen LogP contribution in [0.3, 0.4) is 0 Å². The second-order valence-electron chi connectivity index (χ2n) is 7.19. The van der Waals surface area contributed by atoms with Crippen LogP contribution in [0.2, 0.25) is 0 Å². The average Bonchev–Trinajstić information content (AvgIpc) is 2.66. The van der Waals surface area contributed by atoms with E-state index in [0.29, 0.717) is 19.6 Å². The molecule has 0 spiro atoms. The minimum atomic E-state index is -4.42. The number of hydrogen-bond acceptors (Lipinski definition) is 6. The maximum Gasteiger partial charge on any atom is 0.397 e. The second-order valence-corrected chi connectivity index (χ2v) is 8.28. The molecule has 0 radical (unpaired) electrons. The van der Waals surface area contributed by atoms with E-state index in [1.165, 1.54) is 44.9 Å². The number of ether oxygens (including phenoxy) is 2. The molecule has 1 unspecified atom stereocenters. The molecule has 174 valence electrons. The lowest BCUT2D eigenvalue weighted by Crippen LogP contribution is -2.37. The van der Waals surface area contributed by atoms with Gasteiger partial charge in [-0.3, -0.25) is 9.35 Å². The van der Waals surface area contributed by atoms with E-state index in [9.17, 15) is 13.2 Å². The Balaban J connectivity index is 3.55. The molecule has 9 heteroatoms. The summed E-state index contributed by atoms with van der Waals surface area (Å²) < 4.78 is 43.8. The molecule has 0 rings (SSSR count). The summed E-state index contributed by atoms with van der Waals surface area (Å²) in [6, 6.07) is -0.0241. The van der Waals surface area contributed by atoms with Gasteiger partial charge in [0.15, 0.2) is 0 Å². The number of hydrogen-bond donors (Lipinski definition) is 2. The Labute approximate surface area is 177 Å². The number of unbranched alkanes of at least 4 members (excludes halogenated alkanes) is 8. The first kappa shape index (κ1) is 28.3. The maximum absolute atomic E-state index is 12.0. The third kappa shape index (κ3) is 21.8. The fourth-order valence-corrected chi connectivity index (χ4v) is 3.08. The maximum atomic E-state index is 12.0. The van der Waals surface area contributed by atoms with Crippen LogP contribution in [0, 0.1) is 0 Å². The van der Waals surface area contributed by atoms with Crippen LogP contribution < -0.4 is 5.32 Å². The lowest BCUT2D eigenvalue weighted by Gasteiger charge is -2.17. The third-order valence-corrected chi connectivity index (χ3v) is 4.98. The van der Waals surface area contributed by atoms with Crippen molar-refractivity contribution >= 4 is 16.3 Å². The molecule has 0 aromatic rings. The van der Waals surface area contributed by atoms with Crippen LogP contribution in [0.15, 0.2) is 0 Å². The van der Waals surface area contributed by atoms with E-state index in [4.69, 9.17) is 14.0 Å². The molecule has 1 atom stereocenters. The Kier molecular flexibility index (Phi) is 18.7. The van der Waals surface area contributed by atoms with Crippen LogP contribution in [0.5, 0.6) is 0 Å². The highest BCUT2D eigenvalue weighted by molar-refractivity contribution is 7.80. The van der Waals surface area contributed by atoms with Crippen LogP contribution in [-0.2, 0) is 28.9 Å². The Morgan fingerprint density at radius 3 is 2.00 bits per heavy atom. The highest BCUT2D eigenvalue weighted by Crippen LogP contribution is 2.10. The first-order valence-corrected chi connectivity index (χ1v) is 12.3. The van der Waals surface area contributed by atoms with Gasteiger partial charge in [-0.1, -0.05) is 65.2 Å². The molecule has 8 nitrogen and oxygen atoms in total. The van der Waals surface area contributed by atoms with Crippen molar-refractivity contribution in [3.8, 4) is 0 Å². The molecule has 0 aliphatic carbocycles. The Hall–Kier alpha value is -0.740. The molecular formula is C20H41NO7S. The van der Waals surface area contributed by atoms with Gasteiger partial charge in [-0.2, -0.15) is 8.42 Å². The lowest BCUT2D eigenvalue weighted by atomic mass is 10.1. The van der Waals surface area contributed by atoms with Crippen molar-refractivity contribution in [1.29, 1.82) is 0 Å². The van der Waals surface area contributed by atoms with Gasteiger partial charge in [0.25, 0.3) is 0 Å². The van der Waals surface area contributed by atoms with Crippen molar-refractivity contribution in [2.24, 2.45) is 0 Å². The summed E-state index contributed by atoms with van der Waals surface area (Å²) in [5.41, 5.74) is 0. The van der Waals surface area contributed by atoms with Crippen LogP contribution in [0.4, 0.5) is 0 Å². The highest BCUT2D eigenvalue weighted by atomic mass is 32.3. The molecule has 0 aliphatic heterocycles. The lowest BCUT2D eigenvalue weighted by molar-refractivity contribution is -0.122. The van der Waals surface area contributed by atoms with Gasteiger partial charge in [-0.05, 0) is 12.8 Å². The van der Waals surface area contributed by atoms with E-state index in [-0.39, 0.29) is 31.8 Å². The van der Waals surface area contributed by atoms with Gasteiger partial charge in [0.2, 0.25) is 5.91 Å². The SMILES string of the molecule is CCCCCCCCCCCC(=O)NC(CC)COCCOCCOS(=O)(=O)O. The predicted octanol–water partition coefficient (Wildman–Crippen LogP) is 3.65. The van der Waals surface area contributed by atoms with E-state index in [1.54, 1.807) is 0 Å². The molecule has 0 aliphatic rings. The van der Waals surface area contributed by atoms with Gasteiger partial charge in [0, 0.05) is 6.42 Å². The monoisotopic (exact) mass is 439 g/mol. The van der Waals surface area contributed by atoms with Crippen molar-refractivity contribution in [1.82, 2.24) is 5.32 Å². The summed E-state index contributed by atoms with van der Waals surface area (Å²) in [6.45, 7) is 5.03. The van der Waals surface area contributed by atoms with Gasteiger partial charge in [0.05, 0.1) is 39.1 Å². The Bertz CT molecular complexity index is 485. The molecule has 1 amide bonds. The third-order valence-electron chi connectivity index (χ3n) is 4.52. The summed E-state index contributed by atoms with van der Waals surface area (Å²) >= 11 is 0. The van der Waals surface area contributed by atoms with Crippen molar-refractivity contribution < 1.29 is 31.4 Å². The van der Waals surface area contributed by atoms with Crippen LogP contribution in [0.25, 0.3) is 0 Å². The average molecular weight is 440 g/mol. The zero-order chi connectivity index (χ0) is 21.8. The van der Waals surface area contributed by atoms with E-state index in [0.717, 1.165) is 19.3 Å². The van der Waals surface area contributed by atoms with Gasteiger partial charge >= 0.3 is 10.4 Å². The number of rotatable bonds is 21. The van der Waals surface area contributed by atoms with Crippen molar-refractivity contribution in [2.45, 2.75) is 90.5 Å². The highest BCUT2D eigenvalue weighted by Gasteiger charge is 2.10. The van der Waals surface area contributed by atoms with Gasteiger partial charge in [-0.25, -0.2) is 4.18 Å². The van der Waals surface area contributed by atoms with E-state index >= 15 is 0 Å². The molecule has 2 N–H and O–H groups in total. The zero-order valence-corrected chi connectivity index (χ0v) is 19.0. The Morgan fingerprint density at radius 2 is 1.41 bits per heavy atom. The van der Waals surface area contributed by atoms with E-state index in [1.807, 2.05) is 6.92 Å². The Morgan fingerprint density at radius 1 is 0.862 bits per heavy atom. The fourth-order valence-electron chi connectivity index (χ4n) is 2.80. The molecule has 0 aromatic heterocycles. The second kappa shape index (κ2) is 19.2. The normalized spacial score (nSPS) is 12.8. The van der Waals surface area contributed by atoms with E-state index in [2.05, 4.69) is 16.4 Å². The van der Waals surface area contributed by atoms with E-state index < -0.39 is 10.4 Å². The van der Waals surface area contributed by atoms with Gasteiger partial charge < -0.3 is 14.8 Å². The van der Waals surface area contributed by atoms with Gasteiger partial charge in [0.1, 0.15) is 0 Å².